The lowest BCUT2D eigenvalue weighted by atomic mass is 10.1. The van der Waals surface area contributed by atoms with Crippen LogP contribution in [-0.4, -0.2) is 11.5 Å². The molecule has 0 spiro atoms. The predicted octanol–water partition coefficient (Wildman–Crippen LogP) is 4.85. The highest BCUT2D eigenvalue weighted by atomic mass is 79.9. The molecule has 2 nitrogen and oxygen atoms in total. The molecule has 96 valence electrons. The Balaban J connectivity index is 2.11. The van der Waals surface area contributed by atoms with Gasteiger partial charge >= 0.3 is 0 Å². The Hall–Kier alpha value is -1.09. The highest BCUT2D eigenvalue weighted by molar-refractivity contribution is 9.10. The van der Waals surface area contributed by atoms with Gasteiger partial charge in [0.15, 0.2) is 0 Å². The maximum absolute atomic E-state index is 4.43. The molecule has 18 heavy (non-hydrogen) atoms. The number of aromatic nitrogens is 1. The largest absolute Gasteiger partial charge is 0.370 e. The van der Waals surface area contributed by atoms with Gasteiger partial charge < -0.3 is 5.32 Å². The standard InChI is InChI=1S/C15H19BrN2/c1-11(2)5-4-9-17-15-13-6-3-7-14(16)12(13)8-10-18-15/h3,6-8,10-11H,4-5,9H2,1-2H3,(H,17,18). The van der Waals surface area contributed by atoms with Crippen LogP contribution in [0.4, 0.5) is 5.82 Å². The number of nitrogens with one attached hydrogen (secondary N) is 1. The smallest absolute Gasteiger partial charge is 0.133 e. The van der Waals surface area contributed by atoms with Crippen LogP contribution in [0.1, 0.15) is 26.7 Å². The van der Waals surface area contributed by atoms with E-state index >= 15 is 0 Å². The van der Waals surface area contributed by atoms with Crippen molar-refractivity contribution in [3.8, 4) is 0 Å². The van der Waals surface area contributed by atoms with Crippen molar-refractivity contribution in [2.75, 3.05) is 11.9 Å². The van der Waals surface area contributed by atoms with E-state index in [0.717, 1.165) is 22.8 Å². The van der Waals surface area contributed by atoms with Crippen LogP contribution < -0.4 is 5.32 Å². The third-order valence-corrected chi connectivity index (χ3v) is 3.70. The molecule has 2 aromatic rings. The predicted molar refractivity (Wildman–Crippen MR) is 82.0 cm³/mol. The zero-order chi connectivity index (χ0) is 13.0. The second-order valence-electron chi connectivity index (χ2n) is 4.96. The third-order valence-electron chi connectivity index (χ3n) is 3.00. The molecule has 0 saturated heterocycles. The molecule has 1 aromatic carbocycles. The quantitative estimate of drug-likeness (QED) is 0.799. The van der Waals surface area contributed by atoms with Gasteiger partial charge in [-0.15, -0.1) is 0 Å². The highest BCUT2D eigenvalue weighted by Crippen LogP contribution is 2.27. The fourth-order valence-electron chi connectivity index (χ4n) is 2.03. The maximum atomic E-state index is 4.43. The minimum Gasteiger partial charge on any atom is -0.370 e. The van der Waals surface area contributed by atoms with E-state index in [0.29, 0.717) is 0 Å². The van der Waals surface area contributed by atoms with Crippen molar-refractivity contribution in [2.24, 2.45) is 5.92 Å². The number of pyridine rings is 1. The molecule has 0 aliphatic carbocycles. The summed E-state index contributed by atoms with van der Waals surface area (Å²) < 4.78 is 1.12. The monoisotopic (exact) mass is 306 g/mol. The summed E-state index contributed by atoms with van der Waals surface area (Å²) in [5, 5.41) is 5.82. The minimum atomic E-state index is 0.765. The maximum Gasteiger partial charge on any atom is 0.133 e. The lowest BCUT2D eigenvalue weighted by molar-refractivity contribution is 0.567. The van der Waals surface area contributed by atoms with Gasteiger partial charge in [0.05, 0.1) is 0 Å². The van der Waals surface area contributed by atoms with E-state index in [4.69, 9.17) is 0 Å². The lowest BCUT2D eigenvalue weighted by Gasteiger charge is -2.10. The van der Waals surface area contributed by atoms with Gasteiger partial charge in [0, 0.05) is 28.0 Å². The number of nitrogens with zero attached hydrogens (tertiary/aromatic N) is 1. The van der Waals surface area contributed by atoms with Gasteiger partial charge in [-0.05, 0) is 30.9 Å². The number of fused-ring (bicyclic) bond motifs is 1. The molecule has 0 fully saturated rings. The van der Waals surface area contributed by atoms with E-state index < -0.39 is 0 Å². The Labute approximate surface area is 117 Å². The molecule has 3 heteroatoms. The number of rotatable bonds is 5. The summed E-state index contributed by atoms with van der Waals surface area (Å²) in [4.78, 5) is 4.43. The van der Waals surface area contributed by atoms with Gasteiger partial charge in [0.2, 0.25) is 0 Å². The minimum absolute atomic E-state index is 0.765. The summed E-state index contributed by atoms with van der Waals surface area (Å²) in [6.45, 7) is 5.50. The average molecular weight is 307 g/mol. The van der Waals surface area contributed by atoms with Crippen molar-refractivity contribution >= 4 is 32.5 Å². The second kappa shape index (κ2) is 6.19. The molecule has 0 amide bonds. The molecule has 1 heterocycles. The highest BCUT2D eigenvalue weighted by Gasteiger charge is 2.04. The molecule has 0 aliphatic rings. The zero-order valence-corrected chi connectivity index (χ0v) is 12.5. The van der Waals surface area contributed by atoms with E-state index in [2.05, 4.69) is 52.2 Å². The van der Waals surface area contributed by atoms with Crippen molar-refractivity contribution in [3.05, 3.63) is 34.9 Å². The van der Waals surface area contributed by atoms with Crippen LogP contribution in [-0.2, 0) is 0 Å². The molecule has 2 rings (SSSR count). The van der Waals surface area contributed by atoms with E-state index in [1.807, 2.05) is 18.3 Å². The van der Waals surface area contributed by atoms with Crippen molar-refractivity contribution < 1.29 is 0 Å². The van der Waals surface area contributed by atoms with Gasteiger partial charge in [-0.25, -0.2) is 4.98 Å². The Morgan fingerprint density at radius 2 is 2.06 bits per heavy atom. The zero-order valence-electron chi connectivity index (χ0n) is 10.9. The van der Waals surface area contributed by atoms with Crippen LogP contribution in [0.15, 0.2) is 34.9 Å². The number of benzene rings is 1. The molecule has 0 radical (unpaired) electrons. The van der Waals surface area contributed by atoms with E-state index in [-0.39, 0.29) is 0 Å². The van der Waals surface area contributed by atoms with Gasteiger partial charge in [-0.3, -0.25) is 0 Å². The number of halogens is 1. The van der Waals surface area contributed by atoms with Crippen LogP contribution >= 0.6 is 15.9 Å². The number of hydrogen-bond acceptors (Lipinski definition) is 2. The molecule has 1 N–H and O–H groups in total. The topological polar surface area (TPSA) is 24.9 Å². The normalized spacial score (nSPS) is 11.1. The first-order chi connectivity index (χ1) is 8.68. The van der Waals surface area contributed by atoms with Crippen LogP contribution in [0.5, 0.6) is 0 Å². The third kappa shape index (κ3) is 3.22. The van der Waals surface area contributed by atoms with Crippen LogP contribution in [0.25, 0.3) is 10.8 Å². The number of anilines is 1. The number of hydrogen-bond donors (Lipinski definition) is 1. The first-order valence-electron chi connectivity index (χ1n) is 6.45. The summed E-state index contributed by atoms with van der Waals surface area (Å²) >= 11 is 3.58. The summed E-state index contributed by atoms with van der Waals surface area (Å²) in [6, 6.07) is 8.26. The van der Waals surface area contributed by atoms with Gasteiger partial charge in [-0.2, -0.15) is 0 Å². The van der Waals surface area contributed by atoms with Gasteiger partial charge in [-0.1, -0.05) is 41.9 Å². The van der Waals surface area contributed by atoms with Gasteiger partial charge in [0.1, 0.15) is 5.82 Å². The molecule has 0 atom stereocenters. The van der Waals surface area contributed by atoms with Crippen molar-refractivity contribution in [3.63, 3.8) is 0 Å². The van der Waals surface area contributed by atoms with Crippen LogP contribution in [0, 0.1) is 5.92 Å². The van der Waals surface area contributed by atoms with E-state index in [9.17, 15) is 0 Å². The van der Waals surface area contributed by atoms with Crippen LogP contribution in [0.3, 0.4) is 0 Å². The Morgan fingerprint density at radius 3 is 2.83 bits per heavy atom. The second-order valence-corrected chi connectivity index (χ2v) is 5.81. The SMILES string of the molecule is CC(C)CCCNc1nccc2c(Br)cccc12. The summed E-state index contributed by atoms with van der Waals surface area (Å²) in [6.07, 6.45) is 4.29. The molecule has 0 bridgehead atoms. The fourth-order valence-corrected chi connectivity index (χ4v) is 2.53. The van der Waals surface area contributed by atoms with Gasteiger partial charge in [0.25, 0.3) is 0 Å². The summed E-state index contributed by atoms with van der Waals surface area (Å²) in [7, 11) is 0. The molecular formula is C15H19BrN2. The van der Waals surface area contributed by atoms with E-state index in [1.165, 1.54) is 23.6 Å². The summed E-state index contributed by atoms with van der Waals surface area (Å²) in [5.41, 5.74) is 0. The van der Waals surface area contributed by atoms with Crippen LogP contribution in [0.2, 0.25) is 0 Å². The van der Waals surface area contributed by atoms with Crippen molar-refractivity contribution in [1.29, 1.82) is 0 Å². The van der Waals surface area contributed by atoms with Crippen molar-refractivity contribution in [1.82, 2.24) is 4.98 Å². The first kappa shape index (κ1) is 13.3. The average Bonchev–Trinajstić information content (AvgIpc) is 2.35. The van der Waals surface area contributed by atoms with Crippen molar-refractivity contribution in [2.45, 2.75) is 26.7 Å². The van der Waals surface area contributed by atoms with E-state index in [1.54, 1.807) is 0 Å². The molecule has 0 unspecified atom stereocenters. The Kier molecular flexibility index (Phi) is 4.59. The molecule has 1 aromatic heterocycles. The molecule has 0 saturated carbocycles. The first-order valence-corrected chi connectivity index (χ1v) is 7.25. The lowest BCUT2D eigenvalue weighted by Crippen LogP contribution is -2.05. The fraction of sp³-hybridized carbons (Fsp3) is 0.400. The summed E-state index contributed by atoms with van der Waals surface area (Å²) in [5.74, 6) is 1.75. The Bertz CT molecular complexity index is 523. The molecular weight excluding hydrogens is 288 g/mol. The molecule has 0 aliphatic heterocycles. The Morgan fingerprint density at radius 1 is 1.22 bits per heavy atom.